The normalized spacial score (nSPS) is 18.3. The number of halogens is 5. The summed E-state index contributed by atoms with van der Waals surface area (Å²) in [6, 6.07) is 3.62. The van der Waals surface area contributed by atoms with Crippen molar-refractivity contribution in [2.45, 2.75) is 37.5 Å². The second kappa shape index (κ2) is 10.6. The molecule has 8 nitrogen and oxygen atoms in total. The third-order valence-corrected chi connectivity index (χ3v) is 7.20. The van der Waals surface area contributed by atoms with Gasteiger partial charge in [0.05, 0.1) is 11.3 Å². The summed E-state index contributed by atoms with van der Waals surface area (Å²) in [6.07, 6.45) is -2.28. The van der Waals surface area contributed by atoms with Crippen molar-refractivity contribution >= 4 is 23.0 Å². The highest BCUT2D eigenvalue weighted by molar-refractivity contribution is 7.11. The van der Waals surface area contributed by atoms with Gasteiger partial charge in [-0.15, -0.1) is 11.3 Å². The molecule has 2 aliphatic heterocycles. The molecule has 3 aromatic rings. The number of aromatic nitrogens is 3. The molecule has 4 heterocycles. The lowest BCUT2D eigenvalue weighted by Crippen LogP contribution is -2.40. The highest BCUT2D eigenvalue weighted by atomic mass is 32.1. The molecular formula is C24H20F5N5O3S. The van der Waals surface area contributed by atoms with E-state index in [0.29, 0.717) is 36.7 Å². The molecule has 0 aliphatic carbocycles. The molecule has 1 atom stereocenters. The van der Waals surface area contributed by atoms with Crippen LogP contribution in [-0.4, -0.2) is 51.2 Å². The number of benzene rings is 1. The average Bonchev–Trinajstić information content (AvgIpc) is 3.57. The Hall–Kier alpha value is -3.68. The Morgan fingerprint density at radius 2 is 1.84 bits per heavy atom. The molecule has 1 saturated heterocycles. The average molecular weight is 554 g/mol. The van der Waals surface area contributed by atoms with E-state index in [1.807, 2.05) is 5.38 Å². The van der Waals surface area contributed by atoms with Gasteiger partial charge in [-0.05, 0) is 25.0 Å². The number of likely N-dealkylation sites (tertiary alicyclic amines) is 1. The summed E-state index contributed by atoms with van der Waals surface area (Å²) in [6.45, 7) is 0.174. The van der Waals surface area contributed by atoms with Gasteiger partial charge in [-0.25, -0.2) is 23.7 Å². The topological polar surface area (TPSA) is 89.8 Å². The molecular weight excluding hydrogens is 533 g/mol. The van der Waals surface area contributed by atoms with Crippen molar-refractivity contribution in [3.8, 4) is 5.88 Å². The number of nitrogens with zero attached hydrogens (tertiary/aromatic N) is 5. The lowest BCUT2D eigenvalue weighted by atomic mass is 9.94. The first-order chi connectivity index (χ1) is 18.2. The van der Waals surface area contributed by atoms with Crippen molar-refractivity contribution in [3.05, 3.63) is 69.6 Å². The zero-order chi connectivity index (χ0) is 26.9. The number of hydrogen-bond acceptors (Lipinski definition) is 8. The van der Waals surface area contributed by atoms with Gasteiger partial charge in [-0.3, -0.25) is 4.79 Å². The largest absolute Gasteiger partial charge is 0.466 e. The maximum atomic E-state index is 14.1. The molecule has 14 heteroatoms. The fourth-order valence-electron chi connectivity index (χ4n) is 4.35. The zero-order valence-electron chi connectivity index (χ0n) is 19.6. The summed E-state index contributed by atoms with van der Waals surface area (Å²) in [5.74, 6) is -2.53. The highest BCUT2D eigenvalue weighted by Gasteiger charge is 2.38. The fourth-order valence-corrected chi connectivity index (χ4v) is 5.25. The van der Waals surface area contributed by atoms with E-state index in [1.165, 1.54) is 34.4 Å². The van der Waals surface area contributed by atoms with Gasteiger partial charge in [0, 0.05) is 43.2 Å². The van der Waals surface area contributed by atoms with Crippen molar-refractivity contribution in [1.82, 2.24) is 19.9 Å². The Bertz CT molecular complexity index is 1340. The molecule has 1 unspecified atom stereocenters. The van der Waals surface area contributed by atoms with Crippen LogP contribution in [0.4, 0.5) is 22.0 Å². The van der Waals surface area contributed by atoms with Gasteiger partial charge in [0.1, 0.15) is 22.4 Å². The quantitative estimate of drug-likeness (QED) is 0.405. The smallest absolute Gasteiger partial charge is 0.438 e. The maximum absolute atomic E-state index is 14.1. The van der Waals surface area contributed by atoms with Gasteiger partial charge >= 0.3 is 6.18 Å². The van der Waals surface area contributed by atoms with E-state index in [-0.39, 0.29) is 17.9 Å². The van der Waals surface area contributed by atoms with E-state index in [4.69, 9.17) is 9.57 Å². The minimum Gasteiger partial charge on any atom is -0.466 e. The van der Waals surface area contributed by atoms with Crippen LogP contribution in [0.3, 0.4) is 0 Å². The predicted molar refractivity (Wildman–Crippen MR) is 125 cm³/mol. The lowest BCUT2D eigenvalue weighted by molar-refractivity contribution is -0.144. The second-order valence-corrected chi connectivity index (χ2v) is 9.56. The number of oxime groups is 1. The molecule has 200 valence electrons. The Morgan fingerprint density at radius 3 is 2.55 bits per heavy atom. The van der Waals surface area contributed by atoms with Crippen LogP contribution in [0, 0.1) is 11.6 Å². The molecule has 2 aliphatic rings. The molecule has 0 spiro atoms. The van der Waals surface area contributed by atoms with Crippen molar-refractivity contribution in [3.63, 3.8) is 0 Å². The Labute approximate surface area is 217 Å². The monoisotopic (exact) mass is 553 g/mol. The predicted octanol–water partition coefficient (Wildman–Crippen LogP) is 4.88. The first-order valence-electron chi connectivity index (χ1n) is 11.6. The van der Waals surface area contributed by atoms with Crippen molar-refractivity contribution in [2.24, 2.45) is 5.16 Å². The molecule has 0 bridgehead atoms. The number of rotatable bonds is 6. The Balaban J connectivity index is 1.14. The van der Waals surface area contributed by atoms with E-state index in [2.05, 4.69) is 20.1 Å². The van der Waals surface area contributed by atoms with Gasteiger partial charge in [0.25, 0.3) is 5.91 Å². The zero-order valence-corrected chi connectivity index (χ0v) is 20.4. The molecule has 1 aromatic carbocycles. The minimum absolute atomic E-state index is 0.0597. The van der Waals surface area contributed by atoms with Gasteiger partial charge in [0.2, 0.25) is 11.6 Å². The number of alkyl halides is 3. The molecule has 0 N–H and O–H groups in total. The molecule has 2 aromatic heterocycles. The summed E-state index contributed by atoms with van der Waals surface area (Å²) in [5.41, 5.74) is -0.140. The number of thiazole rings is 1. The third-order valence-electron chi connectivity index (χ3n) is 6.29. The number of amides is 1. The first kappa shape index (κ1) is 25.9. The van der Waals surface area contributed by atoms with Gasteiger partial charge in [0.15, 0.2) is 12.7 Å². The summed E-state index contributed by atoms with van der Waals surface area (Å²) < 4.78 is 72.3. The van der Waals surface area contributed by atoms with E-state index in [9.17, 15) is 26.7 Å². The first-order valence-corrected chi connectivity index (χ1v) is 12.5. The standard InChI is InChI=1S/C24H20F5N5O3S/c25-14-2-1-3-15(26)20(14)18-10-16(33-37-18)23-32-17(12-38-23)13-4-8-34(9-5-13)19(35)11-36-22-21(24(27,28)29)30-6-7-31-22/h1-3,6-7,12-13,18H,4-5,8-11H2. The number of piperidine rings is 1. The van der Waals surface area contributed by atoms with Crippen molar-refractivity contribution in [1.29, 1.82) is 0 Å². The summed E-state index contributed by atoms with van der Waals surface area (Å²) in [7, 11) is 0. The van der Waals surface area contributed by atoms with E-state index >= 15 is 0 Å². The van der Waals surface area contributed by atoms with Crippen LogP contribution in [0.1, 0.15) is 53.2 Å². The number of carbonyl (C=O) groups is 1. The van der Waals surface area contributed by atoms with Crippen molar-refractivity contribution < 1.29 is 36.3 Å². The second-order valence-electron chi connectivity index (χ2n) is 8.70. The van der Waals surface area contributed by atoms with E-state index in [0.717, 1.165) is 18.1 Å². The summed E-state index contributed by atoms with van der Waals surface area (Å²) in [4.78, 5) is 30.8. The van der Waals surface area contributed by atoms with Crippen LogP contribution in [0.15, 0.2) is 41.1 Å². The molecule has 5 rings (SSSR count). The molecule has 0 radical (unpaired) electrons. The van der Waals surface area contributed by atoms with Gasteiger partial charge in [-0.2, -0.15) is 13.2 Å². The SMILES string of the molecule is O=C(COc1nccnc1C(F)(F)F)N1CCC(c2csc(C3=NOC(c4c(F)cccc4F)C3)n2)CC1. The van der Waals surface area contributed by atoms with Crippen LogP contribution in [0.2, 0.25) is 0 Å². The van der Waals surface area contributed by atoms with Crippen LogP contribution >= 0.6 is 11.3 Å². The van der Waals surface area contributed by atoms with Crippen LogP contribution in [0.25, 0.3) is 0 Å². The maximum Gasteiger partial charge on any atom is 0.438 e. The number of hydrogen-bond donors (Lipinski definition) is 0. The molecule has 38 heavy (non-hydrogen) atoms. The van der Waals surface area contributed by atoms with Gasteiger partial charge in [-0.1, -0.05) is 11.2 Å². The van der Waals surface area contributed by atoms with Crippen molar-refractivity contribution in [2.75, 3.05) is 19.7 Å². The number of ether oxygens (including phenoxy) is 1. The molecule has 1 amide bonds. The number of carbonyl (C=O) groups excluding carboxylic acids is 1. The van der Waals surface area contributed by atoms with Gasteiger partial charge < -0.3 is 14.5 Å². The summed E-state index contributed by atoms with van der Waals surface area (Å²) >= 11 is 1.35. The van der Waals surface area contributed by atoms with Crippen LogP contribution < -0.4 is 4.74 Å². The van der Waals surface area contributed by atoms with E-state index in [1.54, 1.807) is 0 Å². The highest BCUT2D eigenvalue weighted by Crippen LogP contribution is 2.36. The third kappa shape index (κ3) is 5.44. The lowest BCUT2D eigenvalue weighted by Gasteiger charge is -2.31. The fraction of sp³-hybridized carbons (Fsp3) is 0.375. The summed E-state index contributed by atoms with van der Waals surface area (Å²) in [5, 5.41) is 6.47. The van der Waals surface area contributed by atoms with Crippen LogP contribution in [0.5, 0.6) is 5.88 Å². The Morgan fingerprint density at radius 1 is 1.13 bits per heavy atom. The molecule has 1 fully saturated rings. The van der Waals surface area contributed by atoms with Crippen LogP contribution in [-0.2, 0) is 15.8 Å². The van der Waals surface area contributed by atoms with E-state index < -0.39 is 48.0 Å². The Kier molecular flexibility index (Phi) is 7.23. The molecule has 0 saturated carbocycles. The minimum atomic E-state index is -4.75.